The molecule has 0 unspecified atom stereocenters. The molecule has 46 heavy (non-hydrogen) atoms. The first kappa shape index (κ1) is 33.0. The van der Waals surface area contributed by atoms with Crippen molar-refractivity contribution in [2.45, 2.75) is 45.1 Å². The zero-order valence-corrected chi connectivity index (χ0v) is 26.3. The average Bonchev–Trinajstić information content (AvgIpc) is 3.33. The Morgan fingerprint density at radius 1 is 1.13 bits per heavy atom. The van der Waals surface area contributed by atoms with Crippen molar-refractivity contribution in [3.05, 3.63) is 95.2 Å². The monoisotopic (exact) mass is 636 g/mol. The first-order valence-corrected chi connectivity index (χ1v) is 15.2. The zero-order valence-electron chi connectivity index (χ0n) is 26.3. The fourth-order valence-electron chi connectivity index (χ4n) is 5.95. The summed E-state index contributed by atoms with van der Waals surface area (Å²) in [5.74, 6) is -0.328. The number of para-hydroxylation sites is 1. The van der Waals surface area contributed by atoms with Crippen molar-refractivity contribution in [3.8, 4) is 5.75 Å². The smallest absolute Gasteiger partial charge is 0.416 e. The van der Waals surface area contributed by atoms with Gasteiger partial charge < -0.3 is 24.6 Å². The molecule has 244 valence electrons. The molecule has 0 saturated heterocycles. The molecule has 1 aromatic heterocycles. The second-order valence-electron chi connectivity index (χ2n) is 12.2. The fraction of sp³-hybridized carbons (Fsp3) is 0.371. The second kappa shape index (κ2) is 13.6. The van der Waals surface area contributed by atoms with Gasteiger partial charge in [-0.2, -0.15) is 13.2 Å². The van der Waals surface area contributed by atoms with Gasteiger partial charge in [-0.25, -0.2) is 0 Å². The minimum Gasteiger partial charge on any atom is -0.488 e. The number of alkyl halides is 3. The van der Waals surface area contributed by atoms with E-state index in [1.165, 1.54) is 12.1 Å². The molecule has 0 spiro atoms. The molecule has 2 N–H and O–H groups in total. The molecule has 1 aliphatic heterocycles. The van der Waals surface area contributed by atoms with Crippen molar-refractivity contribution in [2.75, 3.05) is 32.1 Å². The van der Waals surface area contributed by atoms with E-state index < -0.39 is 17.8 Å². The molecule has 1 aliphatic rings. The lowest BCUT2D eigenvalue weighted by Crippen LogP contribution is -2.49. The maximum atomic E-state index is 13.8. The average molecular weight is 637 g/mol. The molecule has 4 aromatic rings. The molecule has 3 atom stereocenters. The van der Waals surface area contributed by atoms with Gasteiger partial charge >= 0.3 is 6.18 Å². The van der Waals surface area contributed by atoms with Crippen LogP contribution in [0.25, 0.3) is 10.9 Å². The number of aromatic nitrogens is 1. The van der Waals surface area contributed by atoms with Crippen LogP contribution in [0.5, 0.6) is 5.75 Å². The SMILES string of the molecule is C[C@H]1CN([C@@H](C)CO)C(=O)c2cc(NC(=O)Cc3cn(C)c4ccccc34)ccc2O[C@@H]1CN(C)Cc1ccc(C(F)(F)F)cc1. The van der Waals surface area contributed by atoms with Gasteiger partial charge in [0.05, 0.1) is 30.2 Å². The van der Waals surface area contributed by atoms with Crippen LogP contribution in [-0.4, -0.2) is 70.2 Å². The molecule has 0 saturated carbocycles. The van der Waals surface area contributed by atoms with E-state index in [9.17, 15) is 27.9 Å². The summed E-state index contributed by atoms with van der Waals surface area (Å²) in [6.07, 6.45) is -2.69. The number of nitrogens with zero attached hydrogens (tertiary/aromatic N) is 3. The van der Waals surface area contributed by atoms with Gasteiger partial charge in [-0.05, 0) is 61.5 Å². The van der Waals surface area contributed by atoms with Crippen LogP contribution in [0.2, 0.25) is 0 Å². The lowest BCUT2D eigenvalue weighted by molar-refractivity contribution is -0.137. The Hall–Kier alpha value is -4.35. The van der Waals surface area contributed by atoms with Crippen LogP contribution in [0.4, 0.5) is 18.9 Å². The first-order valence-electron chi connectivity index (χ1n) is 15.2. The molecule has 0 radical (unpaired) electrons. The largest absolute Gasteiger partial charge is 0.488 e. The lowest BCUT2D eigenvalue weighted by Gasteiger charge is -2.38. The van der Waals surface area contributed by atoms with E-state index in [1.807, 2.05) is 60.9 Å². The van der Waals surface area contributed by atoms with Gasteiger partial charge in [0, 0.05) is 55.4 Å². The molecular formula is C35H39F3N4O4. The second-order valence-corrected chi connectivity index (χ2v) is 12.2. The standard InChI is InChI=1S/C35H39F3N4O4/c1-22-17-42(23(2)21-43)34(45)29-16-27(39-33(44)15-25-19-41(4)30-8-6-5-7-28(25)30)13-14-31(29)46-32(22)20-40(3)18-24-9-11-26(12-10-24)35(36,37)38/h5-14,16,19,22-23,32,43H,15,17-18,20-21H2,1-4H3,(H,39,44)/t22-,23-,32+/m0/s1. The summed E-state index contributed by atoms with van der Waals surface area (Å²) < 4.78 is 47.4. The topological polar surface area (TPSA) is 87.0 Å². The predicted octanol–water partition coefficient (Wildman–Crippen LogP) is 5.73. The van der Waals surface area contributed by atoms with E-state index in [0.717, 1.165) is 34.2 Å². The summed E-state index contributed by atoms with van der Waals surface area (Å²) >= 11 is 0. The number of anilines is 1. The van der Waals surface area contributed by atoms with Crippen molar-refractivity contribution in [1.29, 1.82) is 0 Å². The third-order valence-electron chi connectivity index (χ3n) is 8.50. The van der Waals surface area contributed by atoms with E-state index in [-0.39, 0.29) is 42.4 Å². The van der Waals surface area contributed by atoms with Crippen LogP contribution in [-0.2, 0) is 31.0 Å². The van der Waals surface area contributed by atoms with Gasteiger partial charge in [-0.3, -0.25) is 14.5 Å². The van der Waals surface area contributed by atoms with Crippen molar-refractivity contribution in [3.63, 3.8) is 0 Å². The first-order chi connectivity index (χ1) is 21.8. The minimum absolute atomic E-state index is 0.138. The van der Waals surface area contributed by atoms with Crippen molar-refractivity contribution in [1.82, 2.24) is 14.4 Å². The van der Waals surface area contributed by atoms with Crippen molar-refractivity contribution >= 4 is 28.4 Å². The molecule has 11 heteroatoms. The third-order valence-corrected chi connectivity index (χ3v) is 8.50. The summed E-state index contributed by atoms with van der Waals surface area (Å²) in [7, 11) is 3.80. The molecule has 8 nitrogen and oxygen atoms in total. The molecule has 2 heterocycles. The highest BCUT2D eigenvalue weighted by Crippen LogP contribution is 2.32. The number of ether oxygens (including phenoxy) is 1. The van der Waals surface area contributed by atoms with Crippen LogP contribution in [0.15, 0.2) is 72.9 Å². The molecule has 5 rings (SSSR count). The summed E-state index contributed by atoms with van der Waals surface area (Å²) in [5.41, 5.74) is 2.67. The number of likely N-dealkylation sites (N-methyl/N-ethyl adjacent to an activating group) is 1. The number of aliphatic hydroxyl groups excluding tert-OH is 1. The number of carbonyl (C=O) groups excluding carboxylic acids is 2. The number of hydrogen-bond acceptors (Lipinski definition) is 5. The van der Waals surface area contributed by atoms with Crippen LogP contribution >= 0.6 is 0 Å². The number of carbonyl (C=O) groups is 2. The highest BCUT2D eigenvalue weighted by Gasteiger charge is 2.34. The van der Waals surface area contributed by atoms with Gasteiger partial charge in [-0.1, -0.05) is 37.3 Å². The van der Waals surface area contributed by atoms with E-state index in [2.05, 4.69) is 5.32 Å². The molecule has 0 bridgehead atoms. The summed E-state index contributed by atoms with van der Waals surface area (Å²) in [5, 5.41) is 13.9. The molecule has 2 amide bonds. The zero-order chi connectivity index (χ0) is 33.2. The number of amides is 2. The molecule has 0 aliphatic carbocycles. The summed E-state index contributed by atoms with van der Waals surface area (Å²) in [4.78, 5) is 30.5. The van der Waals surface area contributed by atoms with Crippen LogP contribution < -0.4 is 10.1 Å². The summed E-state index contributed by atoms with van der Waals surface area (Å²) in [6, 6.07) is 17.5. The lowest BCUT2D eigenvalue weighted by atomic mass is 9.99. The molecular weight excluding hydrogens is 597 g/mol. The Kier molecular flexibility index (Phi) is 9.74. The number of aryl methyl sites for hydroxylation is 1. The van der Waals surface area contributed by atoms with Gasteiger partial charge in [-0.15, -0.1) is 0 Å². The fourth-order valence-corrected chi connectivity index (χ4v) is 5.95. The van der Waals surface area contributed by atoms with Crippen LogP contribution in [0, 0.1) is 5.92 Å². The van der Waals surface area contributed by atoms with E-state index >= 15 is 0 Å². The number of aliphatic hydroxyl groups is 1. The Balaban J connectivity index is 1.35. The van der Waals surface area contributed by atoms with E-state index in [0.29, 0.717) is 31.1 Å². The molecule has 3 aromatic carbocycles. The number of hydrogen-bond donors (Lipinski definition) is 2. The maximum Gasteiger partial charge on any atom is 0.416 e. The maximum absolute atomic E-state index is 13.8. The number of benzene rings is 3. The number of fused-ring (bicyclic) bond motifs is 2. The number of halogens is 3. The van der Waals surface area contributed by atoms with Crippen LogP contribution in [0.1, 0.15) is 40.9 Å². The highest BCUT2D eigenvalue weighted by atomic mass is 19.4. The van der Waals surface area contributed by atoms with Gasteiger partial charge in [0.1, 0.15) is 11.9 Å². The molecule has 0 fully saturated rings. The van der Waals surface area contributed by atoms with E-state index in [4.69, 9.17) is 4.74 Å². The highest BCUT2D eigenvalue weighted by molar-refractivity contribution is 6.00. The van der Waals surface area contributed by atoms with E-state index in [1.54, 1.807) is 30.0 Å². The number of nitrogens with one attached hydrogen (secondary N) is 1. The van der Waals surface area contributed by atoms with Crippen molar-refractivity contribution < 1.29 is 32.6 Å². The van der Waals surface area contributed by atoms with Gasteiger partial charge in [0.15, 0.2) is 0 Å². The Bertz CT molecular complexity index is 1700. The third kappa shape index (κ3) is 7.37. The minimum atomic E-state index is -4.39. The van der Waals surface area contributed by atoms with Gasteiger partial charge in [0.2, 0.25) is 5.91 Å². The Labute approximate surface area is 266 Å². The summed E-state index contributed by atoms with van der Waals surface area (Å²) in [6.45, 7) is 4.66. The Morgan fingerprint density at radius 2 is 1.85 bits per heavy atom. The normalized spacial score (nSPS) is 17.8. The van der Waals surface area contributed by atoms with Crippen molar-refractivity contribution in [2.24, 2.45) is 13.0 Å². The Morgan fingerprint density at radius 3 is 2.54 bits per heavy atom. The van der Waals surface area contributed by atoms with Gasteiger partial charge in [0.25, 0.3) is 5.91 Å². The quantitative estimate of drug-likeness (QED) is 0.245. The predicted molar refractivity (Wildman–Crippen MR) is 171 cm³/mol. The number of rotatable bonds is 9. The van der Waals surface area contributed by atoms with Crippen LogP contribution in [0.3, 0.4) is 0 Å².